The molecule has 6 nitrogen and oxygen atoms in total. The lowest BCUT2D eigenvalue weighted by atomic mass is 10.1. The molecule has 130 valence electrons. The summed E-state index contributed by atoms with van der Waals surface area (Å²) in [5.74, 6) is 0.343. The van der Waals surface area contributed by atoms with Gasteiger partial charge in [0, 0.05) is 17.1 Å². The minimum Gasteiger partial charge on any atom is -0.382 e. The first-order chi connectivity index (χ1) is 12.5. The van der Waals surface area contributed by atoms with Crippen molar-refractivity contribution in [1.82, 2.24) is 13.9 Å². The van der Waals surface area contributed by atoms with Gasteiger partial charge in [0.25, 0.3) is 10.0 Å². The van der Waals surface area contributed by atoms with Crippen LogP contribution in [0.3, 0.4) is 0 Å². The van der Waals surface area contributed by atoms with Gasteiger partial charge in [-0.25, -0.2) is 22.4 Å². The number of para-hydroxylation sites is 1. The van der Waals surface area contributed by atoms with Crippen LogP contribution in [0.4, 0.5) is 5.82 Å². The number of nitrogen functional groups attached to an aromatic ring is 1. The average molecular weight is 476 g/mol. The molecule has 0 saturated carbocycles. The third kappa shape index (κ3) is 2.74. The summed E-state index contributed by atoms with van der Waals surface area (Å²) in [6.07, 6.45) is 3.14. The number of benzene rings is 2. The zero-order valence-electron chi connectivity index (χ0n) is 13.4. The normalized spacial score (nSPS) is 11.7. The molecule has 0 radical (unpaired) electrons. The van der Waals surface area contributed by atoms with Gasteiger partial charge in [-0.3, -0.25) is 0 Å². The minimum atomic E-state index is -3.73. The zero-order chi connectivity index (χ0) is 18.3. The molecule has 0 fully saturated rings. The summed E-state index contributed by atoms with van der Waals surface area (Å²) in [7, 11) is -3.73. The van der Waals surface area contributed by atoms with Crippen molar-refractivity contribution in [3.05, 3.63) is 70.7 Å². The lowest BCUT2D eigenvalue weighted by molar-refractivity contribution is 0.589. The van der Waals surface area contributed by atoms with Crippen molar-refractivity contribution in [1.29, 1.82) is 0 Å². The first-order valence-electron chi connectivity index (χ1n) is 7.67. The van der Waals surface area contributed by atoms with E-state index in [1.807, 2.05) is 40.8 Å². The smallest absolute Gasteiger partial charge is 0.268 e. The molecular weight excluding hydrogens is 463 g/mol. The Balaban J connectivity index is 2.00. The summed E-state index contributed by atoms with van der Waals surface area (Å²) in [5.41, 5.74) is 7.59. The van der Waals surface area contributed by atoms with Gasteiger partial charge >= 0.3 is 0 Å². The topological polar surface area (TPSA) is 90.9 Å². The highest BCUT2D eigenvalue weighted by molar-refractivity contribution is 14.1. The fraction of sp³-hybridized carbons (Fsp3) is 0. The largest absolute Gasteiger partial charge is 0.382 e. The summed E-state index contributed by atoms with van der Waals surface area (Å²) in [6.45, 7) is 0. The van der Waals surface area contributed by atoms with E-state index in [1.54, 1.807) is 48.8 Å². The molecule has 2 aromatic heterocycles. The third-order valence-corrected chi connectivity index (χ3v) is 6.49. The van der Waals surface area contributed by atoms with Crippen molar-refractivity contribution in [2.24, 2.45) is 0 Å². The van der Waals surface area contributed by atoms with E-state index < -0.39 is 10.0 Å². The van der Waals surface area contributed by atoms with E-state index >= 15 is 0 Å². The van der Waals surface area contributed by atoms with E-state index in [9.17, 15) is 8.42 Å². The van der Waals surface area contributed by atoms with Crippen LogP contribution in [-0.2, 0) is 10.0 Å². The zero-order valence-corrected chi connectivity index (χ0v) is 16.3. The molecule has 4 aromatic rings. The number of halogens is 1. The van der Waals surface area contributed by atoms with Crippen LogP contribution < -0.4 is 5.73 Å². The van der Waals surface area contributed by atoms with Crippen LogP contribution in [-0.4, -0.2) is 22.4 Å². The molecule has 26 heavy (non-hydrogen) atoms. The van der Waals surface area contributed by atoms with Gasteiger partial charge in [-0.2, -0.15) is 0 Å². The van der Waals surface area contributed by atoms with Crippen molar-refractivity contribution < 1.29 is 8.42 Å². The second kappa shape index (κ2) is 6.36. The Morgan fingerprint density at radius 3 is 2.42 bits per heavy atom. The summed E-state index contributed by atoms with van der Waals surface area (Å²) in [6, 6.07) is 15.7. The van der Waals surface area contributed by atoms with Crippen LogP contribution in [0.5, 0.6) is 0 Å². The van der Waals surface area contributed by atoms with Gasteiger partial charge in [-0.05, 0) is 40.8 Å². The van der Waals surface area contributed by atoms with E-state index in [2.05, 4.69) is 9.97 Å². The number of rotatable bonds is 3. The first-order valence-corrected chi connectivity index (χ1v) is 10.2. The molecule has 2 aromatic carbocycles. The van der Waals surface area contributed by atoms with Gasteiger partial charge in [-0.1, -0.05) is 36.4 Å². The molecule has 0 spiro atoms. The molecule has 0 aliphatic rings. The Bertz CT molecular complexity index is 1220. The van der Waals surface area contributed by atoms with E-state index in [0.717, 1.165) is 5.39 Å². The molecular formula is C18H13IN4O2S. The first kappa shape index (κ1) is 17.0. The lowest BCUT2D eigenvalue weighted by Crippen LogP contribution is -2.11. The Kier molecular flexibility index (Phi) is 4.16. The van der Waals surface area contributed by atoms with Crippen molar-refractivity contribution in [3.63, 3.8) is 0 Å². The predicted octanol–water partition coefficient (Wildman–Crippen LogP) is 3.52. The molecule has 0 amide bonds. The van der Waals surface area contributed by atoms with E-state index in [0.29, 0.717) is 26.3 Å². The highest BCUT2D eigenvalue weighted by atomic mass is 127. The third-order valence-electron chi connectivity index (χ3n) is 4.01. The summed E-state index contributed by atoms with van der Waals surface area (Å²) < 4.78 is 28.1. The van der Waals surface area contributed by atoms with E-state index in [4.69, 9.17) is 5.73 Å². The van der Waals surface area contributed by atoms with Gasteiger partial charge in [0.05, 0.1) is 22.3 Å². The lowest BCUT2D eigenvalue weighted by Gasteiger charge is -2.07. The fourth-order valence-electron chi connectivity index (χ4n) is 2.76. The van der Waals surface area contributed by atoms with Crippen molar-refractivity contribution in [2.45, 2.75) is 4.90 Å². The highest BCUT2D eigenvalue weighted by Crippen LogP contribution is 2.32. The Morgan fingerprint density at radius 2 is 1.69 bits per heavy atom. The van der Waals surface area contributed by atoms with Gasteiger partial charge in [0.1, 0.15) is 3.70 Å². The number of fused-ring (bicyclic) bond motifs is 1. The molecule has 4 rings (SSSR count). The monoisotopic (exact) mass is 476 g/mol. The molecule has 2 heterocycles. The number of hydrogen-bond acceptors (Lipinski definition) is 5. The molecule has 0 aliphatic carbocycles. The van der Waals surface area contributed by atoms with Crippen LogP contribution in [0.1, 0.15) is 0 Å². The van der Waals surface area contributed by atoms with E-state index in [-0.39, 0.29) is 4.90 Å². The second-order valence-corrected chi connectivity index (χ2v) is 8.44. The highest BCUT2D eigenvalue weighted by Gasteiger charge is 2.22. The standard InChI is InChI=1S/C18H13IN4O2S/c19-17-18(20)21-10-15(22-17)14-11-23(16-9-5-4-8-13(14)16)26(24,25)12-6-2-1-3-7-12/h1-11H,(H2,20,21). The molecule has 0 atom stereocenters. The number of aromatic nitrogens is 3. The molecule has 0 saturated heterocycles. The maximum Gasteiger partial charge on any atom is 0.268 e. The van der Waals surface area contributed by atoms with Crippen LogP contribution in [0.25, 0.3) is 22.2 Å². The molecule has 0 unspecified atom stereocenters. The van der Waals surface area contributed by atoms with Crippen LogP contribution >= 0.6 is 22.6 Å². The van der Waals surface area contributed by atoms with Gasteiger partial charge in [-0.15, -0.1) is 0 Å². The Morgan fingerprint density at radius 1 is 1.00 bits per heavy atom. The van der Waals surface area contributed by atoms with Crippen molar-refractivity contribution >= 4 is 49.3 Å². The van der Waals surface area contributed by atoms with Crippen LogP contribution in [0.15, 0.2) is 71.9 Å². The Labute approximate surface area is 163 Å². The SMILES string of the molecule is Nc1ncc(-c2cn(S(=O)(=O)c3ccccc3)c3ccccc23)nc1I. The minimum absolute atomic E-state index is 0.227. The second-order valence-electron chi connectivity index (χ2n) is 5.61. The summed E-state index contributed by atoms with van der Waals surface area (Å²) in [4.78, 5) is 8.82. The van der Waals surface area contributed by atoms with Crippen molar-refractivity contribution in [2.75, 3.05) is 5.73 Å². The average Bonchev–Trinajstić information content (AvgIpc) is 3.05. The summed E-state index contributed by atoms with van der Waals surface area (Å²) in [5, 5.41) is 0.780. The molecule has 0 bridgehead atoms. The number of anilines is 1. The van der Waals surface area contributed by atoms with Gasteiger partial charge < -0.3 is 5.73 Å². The summed E-state index contributed by atoms with van der Waals surface area (Å²) >= 11 is 2.01. The quantitative estimate of drug-likeness (QED) is 0.457. The predicted molar refractivity (Wildman–Crippen MR) is 109 cm³/mol. The number of nitrogens with zero attached hydrogens (tertiary/aromatic N) is 3. The molecule has 0 aliphatic heterocycles. The fourth-order valence-corrected chi connectivity index (χ4v) is 4.55. The maximum absolute atomic E-state index is 13.1. The molecule has 2 N–H and O–H groups in total. The van der Waals surface area contributed by atoms with Crippen LogP contribution in [0.2, 0.25) is 0 Å². The van der Waals surface area contributed by atoms with Crippen molar-refractivity contribution in [3.8, 4) is 11.3 Å². The number of hydrogen-bond donors (Lipinski definition) is 1. The molecule has 8 heteroatoms. The number of nitrogens with two attached hydrogens (primary N) is 1. The maximum atomic E-state index is 13.1. The van der Waals surface area contributed by atoms with Gasteiger partial charge in [0.2, 0.25) is 0 Å². The Hall–Kier alpha value is -2.46. The van der Waals surface area contributed by atoms with E-state index in [1.165, 1.54) is 3.97 Å². The van der Waals surface area contributed by atoms with Gasteiger partial charge in [0.15, 0.2) is 5.82 Å². The van der Waals surface area contributed by atoms with Crippen LogP contribution in [0, 0.1) is 3.70 Å².